The zero-order valence-electron chi connectivity index (χ0n) is 10.1. The molecule has 0 saturated carbocycles. The maximum absolute atomic E-state index is 4.47. The largest absolute Gasteiger partial charge is 0.245 e. The van der Waals surface area contributed by atoms with Crippen LogP contribution in [0.3, 0.4) is 0 Å². The van der Waals surface area contributed by atoms with Crippen LogP contribution in [0, 0.1) is 6.42 Å². The van der Waals surface area contributed by atoms with Crippen LogP contribution in [0.15, 0.2) is 23.7 Å². The third-order valence-corrected chi connectivity index (χ3v) is 4.22. The van der Waals surface area contributed by atoms with Crippen molar-refractivity contribution in [1.29, 1.82) is 0 Å². The molecule has 1 nitrogen and oxygen atoms in total. The Morgan fingerprint density at radius 1 is 1.35 bits per heavy atom. The fourth-order valence-electron chi connectivity index (χ4n) is 2.51. The lowest BCUT2D eigenvalue weighted by atomic mass is 9.86. The van der Waals surface area contributed by atoms with Gasteiger partial charge in [0.2, 0.25) is 0 Å². The van der Waals surface area contributed by atoms with Gasteiger partial charge in [-0.3, -0.25) is 0 Å². The highest BCUT2D eigenvalue weighted by molar-refractivity contribution is 7.13. The van der Waals surface area contributed by atoms with Crippen LogP contribution in [0.4, 0.5) is 0 Å². The molecule has 0 bridgehead atoms. The second-order valence-corrected chi connectivity index (χ2v) is 5.39. The molecular weight excluding hydrogens is 226 g/mol. The van der Waals surface area contributed by atoms with Gasteiger partial charge in [0.25, 0.3) is 0 Å². The average Bonchev–Trinajstić information content (AvgIpc) is 2.91. The molecule has 0 amide bonds. The maximum Gasteiger partial charge on any atom is 0.123 e. The van der Waals surface area contributed by atoms with Crippen molar-refractivity contribution in [2.75, 3.05) is 0 Å². The average molecular weight is 242 g/mol. The Hall–Kier alpha value is -1.15. The first-order chi connectivity index (χ1) is 8.38. The van der Waals surface area contributed by atoms with E-state index in [-0.39, 0.29) is 0 Å². The van der Waals surface area contributed by atoms with Crippen LogP contribution in [0.1, 0.15) is 36.5 Å². The predicted molar refractivity (Wildman–Crippen MR) is 73.3 cm³/mol. The fourth-order valence-corrected chi connectivity index (χ4v) is 3.19. The lowest BCUT2D eigenvalue weighted by molar-refractivity contribution is 0.775. The molecule has 0 fully saturated rings. The van der Waals surface area contributed by atoms with Crippen molar-refractivity contribution in [2.24, 2.45) is 0 Å². The van der Waals surface area contributed by atoms with Crippen molar-refractivity contribution >= 4 is 11.3 Å². The van der Waals surface area contributed by atoms with E-state index in [2.05, 4.69) is 35.8 Å². The molecule has 1 aromatic heterocycles. The molecule has 0 aliphatic heterocycles. The number of nitrogens with zero attached hydrogens (tertiary/aromatic N) is 1. The highest BCUT2D eigenvalue weighted by Crippen LogP contribution is 2.34. The monoisotopic (exact) mass is 242 g/mol. The number of fused-ring (bicyclic) bond motifs is 1. The Bertz CT molecular complexity index is 514. The molecule has 1 heterocycles. The van der Waals surface area contributed by atoms with Crippen LogP contribution in [0.5, 0.6) is 0 Å². The van der Waals surface area contributed by atoms with Crippen LogP contribution in [-0.4, -0.2) is 4.98 Å². The number of hydrogen-bond donors (Lipinski definition) is 0. The van der Waals surface area contributed by atoms with E-state index in [4.69, 9.17) is 0 Å². The molecule has 1 aliphatic rings. The Morgan fingerprint density at radius 3 is 3.06 bits per heavy atom. The Labute approximate surface area is 107 Å². The van der Waals surface area contributed by atoms with Gasteiger partial charge in [-0.05, 0) is 54.9 Å². The maximum atomic E-state index is 4.47. The lowest BCUT2D eigenvalue weighted by Gasteiger charge is -2.19. The van der Waals surface area contributed by atoms with E-state index in [0.717, 1.165) is 6.42 Å². The Kier molecular flexibility index (Phi) is 2.98. The van der Waals surface area contributed by atoms with Gasteiger partial charge in [-0.1, -0.05) is 13.0 Å². The molecule has 3 rings (SSSR count). The highest BCUT2D eigenvalue weighted by Gasteiger charge is 2.16. The molecule has 1 aliphatic carbocycles. The number of aromatic nitrogens is 1. The van der Waals surface area contributed by atoms with Gasteiger partial charge < -0.3 is 0 Å². The van der Waals surface area contributed by atoms with Crippen LogP contribution < -0.4 is 0 Å². The smallest absolute Gasteiger partial charge is 0.123 e. The Morgan fingerprint density at radius 2 is 2.29 bits per heavy atom. The van der Waals surface area contributed by atoms with Crippen molar-refractivity contribution in [3.63, 3.8) is 0 Å². The van der Waals surface area contributed by atoms with Crippen LogP contribution in [-0.2, 0) is 12.8 Å². The standard InChI is InChI=1S/C15H16NS/c1-2-11-9-12-5-3-4-6-13(12)14(10-11)15-16-7-8-17-15/h5,7-10H,2-4,6H2,1H3. The van der Waals surface area contributed by atoms with E-state index in [9.17, 15) is 0 Å². The van der Waals surface area contributed by atoms with Crippen molar-refractivity contribution in [2.45, 2.75) is 32.6 Å². The molecule has 1 radical (unpaired) electrons. The molecule has 0 spiro atoms. The van der Waals surface area contributed by atoms with E-state index >= 15 is 0 Å². The summed E-state index contributed by atoms with van der Waals surface area (Å²) < 4.78 is 0. The second-order valence-electron chi connectivity index (χ2n) is 4.50. The summed E-state index contributed by atoms with van der Waals surface area (Å²) in [5.74, 6) is 0. The summed E-state index contributed by atoms with van der Waals surface area (Å²) in [5.41, 5.74) is 5.74. The van der Waals surface area contributed by atoms with Gasteiger partial charge in [-0.2, -0.15) is 0 Å². The summed E-state index contributed by atoms with van der Waals surface area (Å²) in [6, 6.07) is 4.68. The van der Waals surface area contributed by atoms with E-state index in [1.807, 2.05) is 6.20 Å². The van der Waals surface area contributed by atoms with E-state index in [1.165, 1.54) is 46.5 Å². The normalized spacial score (nSPS) is 14.6. The first-order valence-electron chi connectivity index (χ1n) is 6.27. The third kappa shape index (κ3) is 2.02. The zero-order valence-corrected chi connectivity index (χ0v) is 10.9. The van der Waals surface area contributed by atoms with Crippen LogP contribution in [0.2, 0.25) is 0 Å². The molecule has 0 unspecified atom stereocenters. The van der Waals surface area contributed by atoms with E-state index < -0.39 is 0 Å². The first-order valence-corrected chi connectivity index (χ1v) is 7.15. The topological polar surface area (TPSA) is 12.9 Å². The molecule has 0 atom stereocenters. The van der Waals surface area contributed by atoms with Crippen LogP contribution >= 0.6 is 11.3 Å². The molecule has 0 N–H and O–H groups in total. The summed E-state index contributed by atoms with van der Waals surface area (Å²) in [4.78, 5) is 4.47. The second kappa shape index (κ2) is 4.61. The number of aryl methyl sites for hydroxylation is 1. The molecule has 2 heteroatoms. The molecule has 0 saturated heterocycles. The number of hydrogen-bond acceptors (Lipinski definition) is 2. The van der Waals surface area contributed by atoms with Crippen molar-refractivity contribution in [1.82, 2.24) is 4.98 Å². The van der Waals surface area contributed by atoms with Gasteiger partial charge in [0, 0.05) is 17.1 Å². The minimum absolute atomic E-state index is 1.10. The summed E-state index contributed by atoms with van der Waals surface area (Å²) in [6.45, 7) is 2.22. The number of thiazole rings is 1. The quantitative estimate of drug-likeness (QED) is 0.766. The third-order valence-electron chi connectivity index (χ3n) is 3.41. The van der Waals surface area contributed by atoms with E-state index in [0.29, 0.717) is 0 Å². The lowest BCUT2D eigenvalue weighted by Crippen LogP contribution is -2.04. The predicted octanol–water partition coefficient (Wildman–Crippen LogP) is 4.26. The van der Waals surface area contributed by atoms with Gasteiger partial charge in [0.1, 0.15) is 5.01 Å². The first kappa shape index (κ1) is 11.0. The molecular formula is C15H16NS. The van der Waals surface area contributed by atoms with E-state index in [1.54, 1.807) is 11.3 Å². The summed E-state index contributed by atoms with van der Waals surface area (Å²) in [6.07, 6.45) is 9.07. The minimum Gasteiger partial charge on any atom is -0.245 e. The van der Waals surface area contributed by atoms with Gasteiger partial charge in [-0.15, -0.1) is 11.3 Å². The minimum atomic E-state index is 1.10. The highest BCUT2D eigenvalue weighted by atomic mass is 32.1. The van der Waals surface area contributed by atoms with Gasteiger partial charge >= 0.3 is 0 Å². The van der Waals surface area contributed by atoms with Crippen LogP contribution in [0.25, 0.3) is 10.6 Å². The van der Waals surface area contributed by atoms with Gasteiger partial charge in [0.15, 0.2) is 0 Å². The SMILES string of the molecule is CCc1cc2c(c(-c3nccs3)c1)CCC[CH]2. The van der Waals surface area contributed by atoms with Gasteiger partial charge in [-0.25, -0.2) is 4.98 Å². The fraction of sp³-hybridized carbons (Fsp3) is 0.333. The van der Waals surface area contributed by atoms with Gasteiger partial charge in [0.05, 0.1) is 0 Å². The van der Waals surface area contributed by atoms with Crippen molar-refractivity contribution in [3.05, 3.63) is 46.8 Å². The summed E-state index contributed by atoms with van der Waals surface area (Å²) >= 11 is 1.74. The number of benzene rings is 1. The molecule has 2 aromatic rings. The van der Waals surface area contributed by atoms with Crippen molar-refractivity contribution < 1.29 is 0 Å². The zero-order chi connectivity index (χ0) is 11.7. The summed E-state index contributed by atoms with van der Waals surface area (Å²) in [7, 11) is 0. The summed E-state index contributed by atoms with van der Waals surface area (Å²) in [5, 5.41) is 3.24. The molecule has 1 aromatic carbocycles. The Balaban J connectivity index is 2.18. The van der Waals surface area contributed by atoms with Crippen molar-refractivity contribution in [3.8, 4) is 10.6 Å². The molecule has 87 valence electrons. The molecule has 17 heavy (non-hydrogen) atoms. The number of rotatable bonds is 2.